The summed E-state index contributed by atoms with van der Waals surface area (Å²) in [7, 11) is 6.15. The summed E-state index contributed by atoms with van der Waals surface area (Å²) < 4.78 is 0. The van der Waals surface area contributed by atoms with Crippen LogP contribution >= 0.6 is 0 Å². The van der Waals surface area contributed by atoms with Gasteiger partial charge in [-0.05, 0) is 40.4 Å². The summed E-state index contributed by atoms with van der Waals surface area (Å²) in [5.74, 6) is -0.903. The first-order valence-electron chi connectivity index (χ1n) is 5.64. The van der Waals surface area contributed by atoms with Crippen molar-refractivity contribution in [3.05, 3.63) is 12.2 Å². The summed E-state index contributed by atoms with van der Waals surface area (Å²) in [6.07, 6.45) is 3.67. The average Bonchev–Trinajstić information content (AvgIpc) is 2.10. The third kappa shape index (κ3) is 2.83. The van der Waals surface area contributed by atoms with E-state index in [1.165, 1.54) is 19.3 Å². The van der Waals surface area contributed by atoms with Gasteiger partial charge in [0, 0.05) is 24.2 Å². The van der Waals surface area contributed by atoms with Gasteiger partial charge in [0.1, 0.15) is 0 Å². The molecule has 1 N–H and O–H groups in total. The Morgan fingerprint density at radius 2 is 1.94 bits per heavy atom. The van der Waals surface area contributed by atoms with E-state index in [9.17, 15) is 4.79 Å². The van der Waals surface area contributed by atoms with Crippen LogP contribution in [-0.4, -0.2) is 60.6 Å². The lowest BCUT2D eigenvalue weighted by molar-refractivity contribution is -0.132. The summed E-state index contributed by atoms with van der Waals surface area (Å²) in [6, 6.07) is 0. The van der Waals surface area contributed by atoms with Crippen molar-refractivity contribution in [1.29, 1.82) is 0 Å². The number of aliphatic carboxylic acids is 1. The van der Waals surface area contributed by atoms with Crippen LogP contribution < -0.4 is 0 Å². The molecule has 0 bridgehead atoms. The Balaban J connectivity index is 2.47. The number of likely N-dealkylation sites (N-methyl/N-ethyl adjacent to an activating group) is 2. The van der Waals surface area contributed by atoms with E-state index in [2.05, 4.69) is 30.5 Å². The normalized spacial score (nSPS) is 18.6. The lowest BCUT2D eigenvalue weighted by Gasteiger charge is -2.49. The van der Waals surface area contributed by atoms with Crippen molar-refractivity contribution in [2.75, 3.05) is 34.2 Å². The molecular weight excluding hydrogens is 204 g/mol. The molecule has 16 heavy (non-hydrogen) atoms. The van der Waals surface area contributed by atoms with E-state index < -0.39 is 5.97 Å². The molecule has 1 saturated carbocycles. The van der Waals surface area contributed by atoms with Gasteiger partial charge in [-0.25, -0.2) is 4.79 Å². The van der Waals surface area contributed by atoms with Gasteiger partial charge in [0.25, 0.3) is 0 Å². The molecule has 4 heteroatoms. The smallest absolute Gasteiger partial charge is 0.332 e. The van der Waals surface area contributed by atoms with Crippen molar-refractivity contribution in [3.8, 4) is 0 Å². The van der Waals surface area contributed by atoms with Crippen molar-refractivity contribution in [2.24, 2.45) is 0 Å². The quantitative estimate of drug-likeness (QED) is 0.687. The topological polar surface area (TPSA) is 43.8 Å². The number of carboxylic acids is 1. The van der Waals surface area contributed by atoms with E-state index in [-0.39, 0.29) is 11.1 Å². The highest BCUT2D eigenvalue weighted by Gasteiger charge is 2.39. The molecule has 0 aliphatic heterocycles. The van der Waals surface area contributed by atoms with Crippen LogP contribution in [0.4, 0.5) is 0 Å². The van der Waals surface area contributed by atoms with Crippen molar-refractivity contribution < 1.29 is 9.90 Å². The summed E-state index contributed by atoms with van der Waals surface area (Å²) in [5, 5.41) is 8.77. The maximum Gasteiger partial charge on any atom is 0.332 e. The number of carbonyl (C=O) groups is 1. The molecule has 0 unspecified atom stereocenters. The highest BCUT2D eigenvalue weighted by Crippen LogP contribution is 2.36. The molecule has 1 aliphatic carbocycles. The molecule has 0 radical (unpaired) electrons. The molecule has 1 aliphatic rings. The first kappa shape index (κ1) is 13.2. The van der Waals surface area contributed by atoms with E-state index in [1.54, 1.807) is 0 Å². The standard InChI is InChI=1S/C12H22N2O2/c1-10(11(15)16)8-14(4)9-12(13(2)3)6-5-7-12/h1,5-9H2,2-4H3,(H,15,16). The lowest BCUT2D eigenvalue weighted by atomic mass is 9.75. The Labute approximate surface area is 97.5 Å². The summed E-state index contributed by atoms with van der Waals surface area (Å²) >= 11 is 0. The average molecular weight is 226 g/mol. The molecule has 0 atom stereocenters. The van der Waals surface area contributed by atoms with E-state index >= 15 is 0 Å². The van der Waals surface area contributed by atoms with Gasteiger partial charge in [0.05, 0.1) is 0 Å². The van der Waals surface area contributed by atoms with Gasteiger partial charge >= 0.3 is 5.97 Å². The number of hydrogen-bond donors (Lipinski definition) is 1. The van der Waals surface area contributed by atoms with Crippen molar-refractivity contribution in [3.63, 3.8) is 0 Å². The fraction of sp³-hybridized carbons (Fsp3) is 0.750. The van der Waals surface area contributed by atoms with E-state index in [0.29, 0.717) is 6.54 Å². The van der Waals surface area contributed by atoms with Gasteiger partial charge in [-0.15, -0.1) is 0 Å². The van der Waals surface area contributed by atoms with Crippen LogP contribution in [0.15, 0.2) is 12.2 Å². The summed E-state index contributed by atoms with van der Waals surface area (Å²) in [5.41, 5.74) is 0.504. The molecule has 0 saturated heterocycles. The number of nitrogens with zero attached hydrogens (tertiary/aromatic N) is 2. The molecule has 0 aromatic carbocycles. The Morgan fingerprint density at radius 1 is 1.38 bits per heavy atom. The number of rotatable bonds is 6. The maximum atomic E-state index is 10.7. The largest absolute Gasteiger partial charge is 0.478 e. The monoisotopic (exact) mass is 226 g/mol. The van der Waals surface area contributed by atoms with Gasteiger partial charge in [-0.3, -0.25) is 0 Å². The molecule has 0 aromatic rings. The Hall–Kier alpha value is -0.870. The van der Waals surface area contributed by atoms with E-state index in [1.807, 2.05) is 7.05 Å². The minimum absolute atomic E-state index is 0.244. The second kappa shape index (κ2) is 4.97. The van der Waals surface area contributed by atoms with Gasteiger partial charge in [0.2, 0.25) is 0 Å². The third-order valence-electron chi connectivity index (χ3n) is 3.56. The first-order valence-corrected chi connectivity index (χ1v) is 5.64. The lowest BCUT2D eigenvalue weighted by Crippen LogP contribution is -2.56. The highest BCUT2D eigenvalue weighted by atomic mass is 16.4. The minimum atomic E-state index is -0.903. The molecule has 0 heterocycles. The van der Waals surface area contributed by atoms with Crippen molar-refractivity contribution >= 4 is 5.97 Å². The second-order valence-corrected chi connectivity index (χ2v) is 5.05. The van der Waals surface area contributed by atoms with Gasteiger partial charge in [0.15, 0.2) is 0 Å². The predicted octanol–water partition coefficient (Wildman–Crippen LogP) is 1.04. The van der Waals surface area contributed by atoms with Crippen LogP contribution in [0.1, 0.15) is 19.3 Å². The minimum Gasteiger partial charge on any atom is -0.478 e. The zero-order chi connectivity index (χ0) is 12.3. The number of hydrogen-bond acceptors (Lipinski definition) is 3. The van der Waals surface area contributed by atoms with Gasteiger partial charge in [-0.1, -0.05) is 6.58 Å². The Bertz CT molecular complexity index is 283. The molecular formula is C12H22N2O2. The highest BCUT2D eigenvalue weighted by molar-refractivity contribution is 5.86. The predicted molar refractivity (Wildman–Crippen MR) is 64.5 cm³/mol. The van der Waals surface area contributed by atoms with Crippen LogP contribution in [0.5, 0.6) is 0 Å². The van der Waals surface area contributed by atoms with Crippen LogP contribution in [0.25, 0.3) is 0 Å². The van der Waals surface area contributed by atoms with Crippen LogP contribution in [0.2, 0.25) is 0 Å². The zero-order valence-corrected chi connectivity index (χ0v) is 10.5. The summed E-state index contributed by atoms with van der Waals surface area (Å²) in [4.78, 5) is 15.0. The van der Waals surface area contributed by atoms with Crippen molar-refractivity contribution in [2.45, 2.75) is 24.8 Å². The Morgan fingerprint density at radius 3 is 2.25 bits per heavy atom. The molecule has 0 amide bonds. The van der Waals surface area contributed by atoms with Crippen LogP contribution in [-0.2, 0) is 4.79 Å². The molecule has 1 fully saturated rings. The SMILES string of the molecule is C=C(CN(C)CC1(N(C)C)CCC1)C(=O)O. The zero-order valence-electron chi connectivity index (χ0n) is 10.5. The molecule has 4 nitrogen and oxygen atoms in total. The van der Waals surface area contributed by atoms with E-state index in [4.69, 9.17) is 5.11 Å². The second-order valence-electron chi connectivity index (χ2n) is 5.05. The molecule has 92 valence electrons. The van der Waals surface area contributed by atoms with Crippen molar-refractivity contribution in [1.82, 2.24) is 9.80 Å². The van der Waals surface area contributed by atoms with Crippen LogP contribution in [0, 0.1) is 0 Å². The molecule has 1 rings (SSSR count). The molecule has 0 aromatic heterocycles. The maximum absolute atomic E-state index is 10.7. The third-order valence-corrected chi connectivity index (χ3v) is 3.56. The number of carboxylic acid groups (broad SMARTS) is 1. The fourth-order valence-corrected chi connectivity index (χ4v) is 2.28. The van der Waals surface area contributed by atoms with Gasteiger partial charge < -0.3 is 14.9 Å². The first-order chi connectivity index (χ1) is 7.37. The van der Waals surface area contributed by atoms with Gasteiger partial charge in [-0.2, -0.15) is 0 Å². The van der Waals surface area contributed by atoms with Crippen LogP contribution in [0.3, 0.4) is 0 Å². The Kier molecular flexibility index (Phi) is 4.10. The molecule has 0 spiro atoms. The fourth-order valence-electron chi connectivity index (χ4n) is 2.28. The van der Waals surface area contributed by atoms with E-state index in [0.717, 1.165) is 6.54 Å². The summed E-state index contributed by atoms with van der Waals surface area (Å²) in [6.45, 7) is 4.90.